The van der Waals surface area contributed by atoms with E-state index in [1.165, 1.54) is 250 Å². The van der Waals surface area contributed by atoms with Crippen LogP contribution in [0.4, 0.5) is 0 Å². The lowest BCUT2D eigenvalue weighted by molar-refractivity contribution is -0.138. The third-order valence-electron chi connectivity index (χ3n) is 12.0. The summed E-state index contributed by atoms with van der Waals surface area (Å²) in [4.78, 5) is 31.0. The fourth-order valence-corrected chi connectivity index (χ4v) is 7.94. The van der Waals surface area contributed by atoms with Gasteiger partial charge in [0.25, 0.3) is 0 Å². The average Bonchev–Trinajstić information content (AvgIpc) is 3.22. The molecule has 7 heteroatoms. The second-order valence-electron chi connectivity index (χ2n) is 18.3. The molecule has 61 heavy (non-hydrogen) atoms. The van der Waals surface area contributed by atoms with Gasteiger partial charge in [-0.3, -0.25) is 14.4 Å². The predicted octanol–water partition coefficient (Wildman–Crippen LogP) is 19.2. The molecule has 0 aromatic carbocycles. The number of hydrogen-bond donors (Lipinski definition) is 4. The molecule has 0 aliphatic rings. The second kappa shape index (κ2) is 62.7. The lowest BCUT2D eigenvalue weighted by atomic mass is 10.0. The van der Waals surface area contributed by atoms with E-state index in [1.54, 1.807) is 0 Å². The van der Waals surface area contributed by atoms with Gasteiger partial charge in [0.2, 0.25) is 0 Å². The van der Waals surface area contributed by atoms with Gasteiger partial charge in [-0.1, -0.05) is 290 Å². The third kappa shape index (κ3) is 76.1. The number of carbonyl (C=O) groups is 3. The van der Waals surface area contributed by atoms with Crippen LogP contribution in [0.3, 0.4) is 0 Å². The van der Waals surface area contributed by atoms with E-state index in [2.05, 4.69) is 20.8 Å². The highest BCUT2D eigenvalue weighted by Crippen LogP contribution is 2.16. The Hall–Kier alpha value is -1.63. The van der Waals surface area contributed by atoms with Gasteiger partial charge in [0, 0.05) is 19.3 Å². The standard InChI is InChI=1S/3C18H36O2.H3N/c3*1-2-3-4-5-6-7-8-9-10-11-12-13-14-15-16-17-18(19)20;/h3*2-17H2,1H3,(H,19,20);1H3. The minimum absolute atomic E-state index is 0. The van der Waals surface area contributed by atoms with Crippen molar-refractivity contribution in [3.05, 3.63) is 0 Å². The molecule has 7 nitrogen and oxygen atoms in total. The Morgan fingerprint density at radius 3 is 0.410 bits per heavy atom. The van der Waals surface area contributed by atoms with Gasteiger partial charge in [-0.15, -0.1) is 0 Å². The fourth-order valence-electron chi connectivity index (χ4n) is 7.94. The number of unbranched alkanes of at least 4 members (excludes halogenated alkanes) is 42. The number of carboxylic acids is 3. The minimum atomic E-state index is -0.653. The molecule has 0 aliphatic carbocycles. The predicted molar refractivity (Wildman–Crippen MR) is 267 cm³/mol. The summed E-state index contributed by atoms with van der Waals surface area (Å²) < 4.78 is 0. The van der Waals surface area contributed by atoms with E-state index in [-0.39, 0.29) is 6.15 Å². The molecule has 0 amide bonds. The first kappa shape index (κ1) is 66.0. The third-order valence-corrected chi connectivity index (χ3v) is 12.0. The Labute approximate surface area is 381 Å². The zero-order chi connectivity index (χ0) is 44.7. The number of rotatable bonds is 48. The van der Waals surface area contributed by atoms with E-state index in [0.29, 0.717) is 19.3 Å². The lowest BCUT2D eigenvalue weighted by Crippen LogP contribution is -1.93. The van der Waals surface area contributed by atoms with Gasteiger partial charge in [-0.05, 0) is 19.3 Å². The van der Waals surface area contributed by atoms with Crippen LogP contribution in [-0.4, -0.2) is 33.2 Å². The van der Waals surface area contributed by atoms with Crippen LogP contribution in [0.1, 0.15) is 329 Å². The van der Waals surface area contributed by atoms with Crippen molar-refractivity contribution in [2.45, 2.75) is 329 Å². The first-order chi connectivity index (χ1) is 29.3. The highest BCUT2D eigenvalue weighted by atomic mass is 16.4. The van der Waals surface area contributed by atoms with Gasteiger partial charge in [0.1, 0.15) is 0 Å². The largest absolute Gasteiger partial charge is 0.481 e. The van der Waals surface area contributed by atoms with Crippen molar-refractivity contribution in [1.29, 1.82) is 0 Å². The number of carboxylic acid groups (broad SMARTS) is 3. The Balaban J connectivity index is -0.000000396. The molecule has 0 aliphatic heterocycles. The van der Waals surface area contributed by atoms with E-state index in [9.17, 15) is 14.4 Å². The van der Waals surface area contributed by atoms with Crippen molar-refractivity contribution in [3.63, 3.8) is 0 Å². The van der Waals surface area contributed by atoms with Crippen LogP contribution in [0.15, 0.2) is 0 Å². The molecular weight excluding hydrogens is 759 g/mol. The van der Waals surface area contributed by atoms with Crippen LogP contribution >= 0.6 is 0 Å². The monoisotopic (exact) mass is 870 g/mol. The number of hydrogen-bond acceptors (Lipinski definition) is 4. The van der Waals surface area contributed by atoms with Crippen molar-refractivity contribution in [2.24, 2.45) is 0 Å². The number of aliphatic carboxylic acids is 3. The van der Waals surface area contributed by atoms with Crippen LogP contribution in [0, 0.1) is 0 Å². The van der Waals surface area contributed by atoms with Crippen molar-refractivity contribution >= 4 is 17.9 Å². The van der Waals surface area contributed by atoms with Crippen LogP contribution in [0.5, 0.6) is 0 Å². The van der Waals surface area contributed by atoms with Crippen molar-refractivity contribution < 1.29 is 29.7 Å². The normalized spacial score (nSPS) is 10.7. The summed E-state index contributed by atoms with van der Waals surface area (Å²) in [6.07, 6.45) is 60.6. The SMILES string of the molecule is CCCCCCCCCCCCCCCCCC(=O)O.CCCCCCCCCCCCCCCCCC(=O)O.CCCCCCCCCCCCCCCCCC(=O)O.N. The van der Waals surface area contributed by atoms with Gasteiger partial charge < -0.3 is 21.5 Å². The molecule has 6 N–H and O–H groups in total. The van der Waals surface area contributed by atoms with Gasteiger partial charge in [0.15, 0.2) is 0 Å². The highest BCUT2D eigenvalue weighted by Gasteiger charge is 2.00. The molecule has 0 unspecified atom stereocenters. The van der Waals surface area contributed by atoms with Gasteiger partial charge in [-0.2, -0.15) is 0 Å². The van der Waals surface area contributed by atoms with E-state index in [1.807, 2.05) is 0 Å². The van der Waals surface area contributed by atoms with Crippen LogP contribution in [-0.2, 0) is 14.4 Å². The fraction of sp³-hybridized carbons (Fsp3) is 0.944. The minimum Gasteiger partial charge on any atom is -0.481 e. The molecule has 0 aromatic heterocycles. The lowest BCUT2D eigenvalue weighted by Gasteiger charge is -2.03. The highest BCUT2D eigenvalue weighted by molar-refractivity contribution is 5.67. The van der Waals surface area contributed by atoms with Gasteiger partial charge in [0.05, 0.1) is 0 Å². The Kier molecular flexibility index (Phi) is 67.8. The maximum atomic E-state index is 10.3. The van der Waals surface area contributed by atoms with Gasteiger partial charge >= 0.3 is 17.9 Å². The zero-order valence-electron chi connectivity index (χ0n) is 41.7. The van der Waals surface area contributed by atoms with Gasteiger partial charge in [-0.25, -0.2) is 0 Å². The quantitative estimate of drug-likeness (QED) is 0.0445. The summed E-state index contributed by atoms with van der Waals surface area (Å²) >= 11 is 0. The van der Waals surface area contributed by atoms with Crippen molar-refractivity contribution in [2.75, 3.05) is 0 Å². The molecule has 0 saturated heterocycles. The van der Waals surface area contributed by atoms with E-state index in [0.717, 1.165) is 38.5 Å². The molecular formula is C54H111NO6. The molecule has 0 fully saturated rings. The molecule has 0 bridgehead atoms. The molecule has 0 rings (SSSR count). The van der Waals surface area contributed by atoms with E-state index in [4.69, 9.17) is 15.3 Å². The zero-order valence-corrected chi connectivity index (χ0v) is 41.7. The summed E-state index contributed by atoms with van der Waals surface area (Å²) in [5.74, 6) is -1.96. The first-order valence-electron chi connectivity index (χ1n) is 27.0. The Morgan fingerprint density at radius 2 is 0.311 bits per heavy atom. The van der Waals surface area contributed by atoms with Crippen molar-refractivity contribution in [1.82, 2.24) is 6.15 Å². The van der Waals surface area contributed by atoms with Crippen LogP contribution in [0.2, 0.25) is 0 Å². The molecule has 0 heterocycles. The summed E-state index contributed by atoms with van der Waals surface area (Å²) in [7, 11) is 0. The second-order valence-corrected chi connectivity index (χ2v) is 18.3. The molecule has 0 radical (unpaired) electrons. The smallest absolute Gasteiger partial charge is 0.303 e. The van der Waals surface area contributed by atoms with Crippen LogP contribution in [0.25, 0.3) is 0 Å². The van der Waals surface area contributed by atoms with E-state index < -0.39 is 17.9 Å². The average molecular weight is 870 g/mol. The molecule has 0 aromatic rings. The topological polar surface area (TPSA) is 147 Å². The summed E-state index contributed by atoms with van der Waals surface area (Å²) in [6, 6.07) is 0. The molecule has 0 atom stereocenters. The maximum Gasteiger partial charge on any atom is 0.303 e. The van der Waals surface area contributed by atoms with Crippen LogP contribution < -0.4 is 6.15 Å². The molecule has 0 spiro atoms. The maximum absolute atomic E-state index is 10.3. The Bertz CT molecular complexity index is 717. The van der Waals surface area contributed by atoms with Crippen molar-refractivity contribution in [3.8, 4) is 0 Å². The first-order valence-corrected chi connectivity index (χ1v) is 27.0. The summed E-state index contributed by atoms with van der Waals surface area (Å²) in [5, 5.41) is 25.6. The summed E-state index contributed by atoms with van der Waals surface area (Å²) in [6.45, 7) is 6.81. The Morgan fingerprint density at radius 1 is 0.213 bits per heavy atom. The molecule has 368 valence electrons. The summed E-state index contributed by atoms with van der Waals surface area (Å²) in [5.41, 5.74) is 0. The van der Waals surface area contributed by atoms with E-state index >= 15 is 0 Å². The molecule has 0 saturated carbocycles.